The van der Waals surface area contributed by atoms with Gasteiger partial charge in [-0.1, -0.05) is 30.3 Å². The van der Waals surface area contributed by atoms with Crippen molar-refractivity contribution in [2.24, 2.45) is 5.73 Å². The van der Waals surface area contributed by atoms with Crippen molar-refractivity contribution in [3.05, 3.63) is 66.0 Å². The van der Waals surface area contributed by atoms with Crippen LogP contribution in [0, 0.1) is 0 Å². The van der Waals surface area contributed by atoms with Crippen LogP contribution in [0.25, 0.3) is 11.1 Å². The van der Waals surface area contributed by atoms with Crippen LogP contribution < -0.4 is 15.4 Å². The Hall–Kier alpha value is -2.86. The van der Waals surface area contributed by atoms with Crippen LogP contribution in [0.5, 0.6) is 5.75 Å². The summed E-state index contributed by atoms with van der Waals surface area (Å²) in [7, 11) is 1.93. The molecule has 0 fully saturated rings. The molecule has 0 amide bonds. The number of anilines is 1. The first-order valence-corrected chi connectivity index (χ1v) is 7.96. The molecule has 3 aromatic rings. The summed E-state index contributed by atoms with van der Waals surface area (Å²) in [4.78, 5) is 6.43. The summed E-state index contributed by atoms with van der Waals surface area (Å²) in [5.74, 6) is 0.578. The number of hydrogen-bond donors (Lipinski definition) is 1. The van der Waals surface area contributed by atoms with Gasteiger partial charge in [-0.25, -0.2) is 4.39 Å². The van der Waals surface area contributed by atoms with Crippen molar-refractivity contribution in [3.63, 3.8) is 0 Å². The zero-order valence-corrected chi connectivity index (χ0v) is 14.0. The predicted molar refractivity (Wildman–Crippen MR) is 96.3 cm³/mol. The van der Waals surface area contributed by atoms with Gasteiger partial charge in [0.1, 0.15) is 17.9 Å². The van der Waals surface area contributed by atoms with Gasteiger partial charge >= 0.3 is 0 Å². The number of hydrogen-bond acceptors (Lipinski definition) is 5. The number of oxazole rings is 1. The first-order valence-electron chi connectivity index (χ1n) is 7.96. The third-order valence-electron chi connectivity index (χ3n) is 3.78. The van der Waals surface area contributed by atoms with Gasteiger partial charge in [-0.3, -0.25) is 0 Å². The molecule has 2 aromatic carbocycles. The smallest absolute Gasteiger partial charge is 0.298 e. The molecule has 0 radical (unpaired) electrons. The molecule has 1 heterocycles. The minimum Gasteiger partial charge on any atom is -0.489 e. The van der Waals surface area contributed by atoms with Crippen LogP contribution in [0.1, 0.15) is 5.56 Å². The van der Waals surface area contributed by atoms with Crippen LogP contribution in [-0.2, 0) is 6.54 Å². The average Bonchev–Trinajstić information content (AvgIpc) is 3.07. The number of fused-ring (bicyclic) bond motifs is 1. The van der Waals surface area contributed by atoms with Crippen molar-refractivity contribution < 1.29 is 13.5 Å². The van der Waals surface area contributed by atoms with Crippen LogP contribution in [-0.4, -0.2) is 25.2 Å². The molecule has 6 heteroatoms. The molecule has 1 aromatic heterocycles. The van der Waals surface area contributed by atoms with Gasteiger partial charge < -0.3 is 19.8 Å². The zero-order chi connectivity index (χ0) is 17.6. The molecule has 3 rings (SSSR count). The second-order valence-electron chi connectivity index (χ2n) is 5.73. The van der Waals surface area contributed by atoms with E-state index in [-0.39, 0.29) is 13.2 Å². The summed E-state index contributed by atoms with van der Waals surface area (Å²) in [6.07, 6.45) is 0.476. The van der Waals surface area contributed by atoms with Gasteiger partial charge in [-0.2, -0.15) is 4.98 Å². The Labute approximate surface area is 145 Å². The number of benzene rings is 2. The average molecular weight is 341 g/mol. The normalized spacial score (nSPS) is 11.7. The molecule has 25 heavy (non-hydrogen) atoms. The van der Waals surface area contributed by atoms with Gasteiger partial charge in [0, 0.05) is 31.8 Å². The molecule has 0 unspecified atom stereocenters. The fourth-order valence-corrected chi connectivity index (χ4v) is 2.38. The van der Waals surface area contributed by atoms with E-state index in [1.807, 2.05) is 36.2 Å². The third kappa shape index (κ3) is 4.16. The highest BCUT2D eigenvalue weighted by molar-refractivity contribution is 5.76. The van der Waals surface area contributed by atoms with Crippen LogP contribution in [0.4, 0.5) is 10.4 Å². The summed E-state index contributed by atoms with van der Waals surface area (Å²) in [6.45, 7) is 0.918. The molecule has 0 bridgehead atoms. The fraction of sp³-hybridized carbons (Fsp3) is 0.211. The summed E-state index contributed by atoms with van der Waals surface area (Å²) in [5, 5.41) is 0. The highest BCUT2D eigenvalue weighted by Gasteiger charge is 2.12. The van der Waals surface area contributed by atoms with E-state index < -0.39 is 0 Å². The lowest BCUT2D eigenvalue weighted by atomic mass is 10.2. The molecule has 0 spiro atoms. The van der Waals surface area contributed by atoms with Gasteiger partial charge in [0.25, 0.3) is 6.01 Å². The van der Waals surface area contributed by atoms with Crippen molar-refractivity contribution in [3.8, 4) is 5.75 Å². The third-order valence-corrected chi connectivity index (χ3v) is 3.78. The minimum absolute atomic E-state index is 0.105. The molecule has 130 valence electrons. The summed E-state index contributed by atoms with van der Waals surface area (Å²) in [6, 6.07) is 16.0. The van der Waals surface area contributed by atoms with Crippen molar-refractivity contribution in [2.45, 2.75) is 6.54 Å². The highest BCUT2D eigenvalue weighted by Crippen LogP contribution is 2.26. The van der Waals surface area contributed by atoms with E-state index in [1.165, 1.54) is 5.56 Å². The Kier molecular flexibility index (Phi) is 5.30. The molecule has 0 atom stereocenters. The van der Waals surface area contributed by atoms with E-state index >= 15 is 0 Å². The van der Waals surface area contributed by atoms with E-state index in [1.54, 1.807) is 12.1 Å². The van der Waals surface area contributed by atoms with E-state index in [9.17, 15) is 4.39 Å². The lowest BCUT2D eigenvalue weighted by Crippen LogP contribution is -2.16. The van der Waals surface area contributed by atoms with E-state index in [0.717, 1.165) is 5.52 Å². The SMILES string of the molecule is CN(Cc1ccccc1)c1nc2ccc(OC/C(=C/F)CN)cc2o1. The second-order valence-corrected chi connectivity index (χ2v) is 5.73. The van der Waals surface area contributed by atoms with Crippen molar-refractivity contribution in [1.82, 2.24) is 4.98 Å². The number of rotatable bonds is 7. The number of nitrogens with zero attached hydrogens (tertiary/aromatic N) is 2. The van der Waals surface area contributed by atoms with Gasteiger partial charge in [0.2, 0.25) is 0 Å². The number of aromatic nitrogens is 1. The quantitative estimate of drug-likeness (QED) is 0.710. The van der Waals surface area contributed by atoms with Crippen molar-refractivity contribution >= 4 is 17.1 Å². The van der Waals surface area contributed by atoms with Crippen LogP contribution in [0.2, 0.25) is 0 Å². The van der Waals surface area contributed by atoms with Crippen LogP contribution in [0.15, 0.2) is 64.9 Å². The van der Waals surface area contributed by atoms with Gasteiger partial charge in [0.05, 0.1) is 6.33 Å². The Morgan fingerprint density at radius 1 is 1.28 bits per heavy atom. The maximum atomic E-state index is 12.5. The molecule has 5 nitrogen and oxygen atoms in total. The van der Waals surface area contributed by atoms with E-state index in [0.29, 0.717) is 35.8 Å². The Bertz CT molecular complexity index is 861. The van der Waals surface area contributed by atoms with Crippen LogP contribution >= 0.6 is 0 Å². The Morgan fingerprint density at radius 3 is 2.80 bits per heavy atom. The number of ether oxygens (including phenoxy) is 1. The molecule has 0 aliphatic rings. The van der Waals surface area contributed by atoms with Gasteiger partial charge in [-0.05, 0) is 17.7 Å². The number of halogens is 1. The summed E-state index contributed by atoms with van der Waals surface area (Å²) >= 11 is 0. The van der Waals surface area contributed by atoms with Crippen LogP contribution in [0.3, 0.4) is 0 Å². The van der Waals surface area contributed by atoms with Crippen molar-refractivity contribution in [2.75, 3.05) is 25.1 Å². The molecular formula is C19H20FN3O2. The molecule has 0 aliphatic heterocycles. The monoisotopic (exact) mass is 341 g/mol. The zero-order valence-electron chi connectivity index (χ0n) is 14.0. The minimum atomic E-state index is 0.105. The number of nitrogens with two attached hydrogens (primary N) is 1. The first kappa shape index (κ1) is 17.0. The first-order chi connectivity index (χ1) is 12.2. The standard InChI is InChI=1S/C19H20FN3O2/c1-23(12-14-5-3-2-4-6-14)19-22-17-8-7-16(9-18(17)25-19)24-13-15(10-20)11-21/h2-10H,11-13,21H2,1H3/b15-10+. The van der Waals surface area contributed by atoms with Gasteiger partial charge in [0.15, 0.2) is 5.58 Å². The molecule has 2 N–H and O–H groups in total. The lowest BCUT2D eigenvalue weighted by molar-refractivity contribution is 0.347. The van der Waals surface area contributed by atoms with E-state index in [2.05, 4.69) is 17.1 Å². The fourth-order valence-electron chi connectivity index (χ4n) is 2.38. The topological polar surface area (TPSA) is 64.5 Å². The lowest BCUT2D eigenvalue weighted by Gasteiger charge is -2.13. The Morgan fingerprint density at radius 2 is 2.08 bits per heavy atom. The summed E-state index contributed by atoms with van der Waals surface area (Å²) in [5.41, 5.74) is 8.33. The second kappa shape index (κ2) is 7.81. The summed E-state index contributed by atoms with van der Waals surface area (Å²) < 4.78 is 23.9. The largest absolute Gasteiger partial charge is 0.489 e. The molecule has 0 saturated carbocycles. The maximum absolute atomic E-state index is 12.5. The maximum Gasteiger partial charge on any atom is 0.298 e. The van der Waals surface area contributed by atoms with E-state index in [4.69, 9.17) is 14.9 Å². The van der Waals surface area contributed by atoms with Crippen molar-refractivity contribution in [1.29, 1.82) is 0 Å². The Balaban J connectivity index is 1.73. The highest BCUT2D eigenvalue weighted by atomic mass is 19.1. The molecule has 0 aliphatic carbocycles. The van der Waals surface area contributed by atoms with Gasteiger partial charge in [-0.15, -0.1) is 0 Å². The molecular weight excluding hydrogens is 321 g/mol. The molecule has 0 saturated heterocycles. The predicted octanol–water partition coefficient (Wildman–Crippen LogP) is 3.66.